The highest BCUT2D eigenvalue weighted by Gasteiger charge is 2.04. The molecule has 0 radical (unpaired) electrons. The number of hydrogen-bond acceptors (Lipinski definition) is 5. The van der Waals surface area contributed by atoms with E-state index in [4.69, 9.17) is 8.83 Å². The van der Waals surface area contributed by atoms with E-state index in [9.17, 15) is 0 Å². The van der Waals surface area contributed by atoms with Crippen molar-refractivity contribution in [3.8, 4) is 0 Å². The minimum atomic E-state index is 0.433. The molecule has 0 unspecified atom stereocenters. The van der Waals surface area contributed by atoms with Gasteiger partial charge >= 0.3 is 6.01 Å². The van der Waals surface area contributed by atoms with E-state index in [0.29, 0.717) is 18.5 Å². The van der Waals surface area contributed by atoms with Crippen LogP contribution in [0.5, 0.6) is 0 Å². The zero-order valence-corrected chi connectivity index (χ0v) is 8.07. The van der Waals surface area contributed by atoms with Crippen LogP contribution in [0.2, 0.25) is 0 Å². The fourth-order valence-electron chi connectivity index (χ4n) is 1.13. The first-order valence-electron chi connectivity index (χ1n) is 4.32. The molecule has 74 valence electrons. The number of aromatic nitrogens is 2. The molecule has 0 amide bonds. The van der Waals surface area contributed by atoms with Crippen LogP contribution >= 0.6 is 0 Å². The number of hydrogen-bond donors (Lipinski definition) is 1. The molecule has 0 aliphatic heterocycles. The second kappa shape index (κ2) is 3.53. The maximum atomic E-state index is 5.16. The molecule has 5 nitrogen and oxygen atoms in total. The Bertz CT molecular complexity index is 419. The summed E-state index contributed by atoms with van der Waals surface area (Å²) in [7, 11) is 0. The third-order valence-corrected chi connectivity index (χ3v) is 1.92. The summed E-state index contributed by atoms with van der Waals surface area (Å²) in [6.07, 6.45) is 1.66. The van der Waals surface area contributed by atoms with Crippen molar-refractivity contribution in [3.63, 3.8) is 0 Å². The predicted octanol–water partition coefficient (Wildman–Crippen LogP) is 1.89. The highest BCUT2D eigenvalue weighted by molar-refractivity contribution is 5.24. The molecule has 1 N–H and O–H groups in total. The first kappa shape index (κ1) is 8.80. The van der Waals surface area contributed by atoms with E-state index in [2.05, 4.69) is 15.5 Å². The van der Waals surface area contributed by atoms with Crippen LogP contribution in [-0.4, -0.2) is 10.2 Å². The Balaban J connectivity index is 1.98. The van der Waals surface area contributed by atoms with Gasteiger partial charge in [-0.05, 0) is 13.0 Å². The van der Waals surface area contributed by atoms with E-state index in [1.54, 1.807) is 13.2 Å². The zero-order valence-electron chi connectivity index (χ0n) is 8.07. The first-order chi connectivity index (χ1) is 6.75. The summed E-state index contributed by atoms with van der Waals surface area (Å²) in [5.41, 5.74) is 1.08. The minimum Gasteiger partial charge on any atom is -0.469 e. The molecule has 0 bridgehead atoms. The molecule has 0 saturated heterocycles. The van der Waals surface area contributed by atoms with Crippen molar-refractivity contribution in [3.05, 3.63) is 29.5 Å². The van der Waals surface area contributed by atoms with Gasteiger partial charge in [0.05, 0.1) is 6.26 Å². The molecule has 0 atom stereocenters. The Hall–Kier alpha value is -1.78. The normalized spacial score (nSPS) is 10.4. The van der Waals surface area contributed by atoms with Gasteiger partial charge < -0.3 is 14.2 Å². The van der Waals surface area contributed by atoms with Gasteiger partial charge in [-0.1, -0.05) is 5.10 Å². The Morgan fingerprint density at radius 2 is 2.21 bits per heavy atom. The summed E-state index contributed by atoms with van der Waals surface area (Å²) in [5.74, 6) is 1.45. The summed E-state index contributed by atoms with van der Waals surface area (Å²) in [6.45, 7) is 4.29. The highest BCUT2D eigenvalue weighted by Crippen LogP contribution is 2.11. The van der Waals surface area contributed by atoms with Crippen LogP contribution in [-0.2, 0) is 6.54 Å². The summed E-state index contributed by atoms with van der Waals surface area (Å²) in [6, 6.07) is 2.34. The van der Waals surface area contributed by atoms with E-state index >= 15 is 0 Å². The lowest BCUT2D eigenvalue weighted by molar-refractivity contribution is 0.525. The number of nitrogens with one attached hydrogen (secondary N) is 1. The van der Waals surface area contributed by atoms with Crippen LogP contribution in [0.1, 0.15) is 17.2 Å². The monoisotopic (exact) mass is 193 g/mol. The molecule has 0 fully saturated rings. The van der Waals surface area contributed by atoms with Crippen molar-refractivity contribution in [2.24, 2.45) is 0 Å². The molecule has 0 spiro atoms. The van der Waals surface area contributed by atoms with Crippen molar-refractivity contribution in [1.29, 1.82) is 0 Å². The molecule has 0 aromatic carbocycles. The fourth-order valence-corrected chi connectivity index (χ4v) is 1.13. The average Bonchev–Trinajstić information content (AvgIpc) is 2.72. The molecule has 2 heterocycles. The van der Waals surface area contributed by atoms with Gasteiger partial charge in [-0.25, -0.2) is 0 Å². The number of nitrogens with zero attached hydrogens (tertiary/aromatic N) is 2. The zero-order chi connectivity index (χ0) is 9.97. The molecule has 0 aliphatic carbocycles. The quantitative estimate of drug-likeness (QED) is 0.806. The van der Waals surface area contributed by atoms with Crippen molar-refractivity contribution in [1.82, 2.24) is 10.2 Å². The van der Waals surface area contributed by atoms with E-state index in [-0.39, 0.29) is 0 Å². The molecule has 2 aromatic rings. The van der Waals surface area contributed by atoms with Crippen LogP contribution < -0.4 is 5.32 Å². The van der Waals surface area contributed by atoms with Crippen LogP contribution in [0.4, 0.5) is 6.01 Å². The van der Waals surface area contributed by atoms with E-state index in [0.717, 1.165) is 11.3 Å². The average molecular weight is 193 g/mol. The van der Waals surface area contributed by atoms with Crippen LogP contribution in [0.3, 0.4) is 0 Å². The lowest BCUT2D eigenvalue weighted by Gasteiger charge is -1.98. The fraction of sp³-hybridized carbons (Fsp3) is 0.333. The summed E-state index contributed by atoms with van der Waals surface area (Å²) in [4.78, 5) is 0. The molecule has 14 heavy (non-hydrogen) atoms. The van der Waals surface area contributed by atoms with Gasteiger partial charge in [-0.2, -0.15) is 0 Å². The third kappa shape index (κ3) is 1.76. The molecule has 2 rings (SSSR count). The van der Waals surface area contributed by atoms with Crippen LogP contribution in [0, 0.1) is 13.8 Å². The molecule has 0 saturated carbocycles. The minimum absolute atomic E-state index is 0.433. The number of aryl methyl sites for hydroxylation is 2. The Kier molecular flexibility index (Phi) is 2.22. The van der Waals surface area contributed by atoms with Crippen molar-refractivity contribution in [2.75, 3.05) is 5.32 Å². The van der Waals surface area contributed by atoms with Gasteiger partial charge in [0.1, 0.15) is 5.76 Å². The SMILES string of the molecule is Cc1nnc(NCc2ccoc2C)o1. The summed E-state index contributed by atoms with van der Waals surface area (Å²) >= 11 is 0. The Morgan fingerprint density at radius 1 is 1.36 bits per heavy atom. The van der Waals surface area contributed by atoms with Gasteiger partial charge in [0.25, 0.3) is 0 Å². The van der Waals surface area contributed by atoms with E-state index in [1.807, 2.05) is 13.0 Å². The third-order valence-electron chi connectivity index (χ3n) is 1.92. The van der Waals surface area contributed by atoms with Gasteiger partial charge in [0, 0.05) is 19.0 Å². The smallest absolute Gasteiger partial charge is 0.315 e. The van der Waals surface area contributed by atoms with Crippen molar-refractivity contribution in [2.45, 2.75) is 20.4 Å². The van der Waals surface area contributed by atoms with E-state index in [1.165, 1.54) is 0 Å². The number of rotatable bonds is 3. The standard InChI is InChI=1S/C9H11N3O2/c1-6-8(3-4-13-6)5-10-9-12-11-7(2)14-9/h3-4H,5H2,1-2H3,(H,10,12). The van der Waals surface area contributed by atoms with Gasteiger partial charge in [0.2, 0.25) is 5.89 Å². The molecular weight excluding hydrogens is 182 g/mol. The summed E-state index contributed by atoms with van der Waals surface area (Å²) in [5, 5.41) is 10.5. The van der Waals surface area contributed by atoms with Gasteiger partial charge in [-0.15, -0.1) is 5.10 Å². The van der Waals surface area contributed by atoms with Crippen molar-refractivity contribution >= 4 is 6.01 Å². The van der Waals surface area contributed by atoms with Crippen LogP contribution in [0.25, 0.3) is 0 Å². The summed E-state index contributed by atoms with van der Waals surface area (Å²) < 4.78 is 10.3. The van der Waals surface area contributed by atoms with Crippen LogP contribution in [0.15, 0.2) is 21.2 Å². The molecule has 2 aromatic heterocycles. The van der Waals surface area contributed by atoms with Gasteiger partial charge in [-0.3, -0.25) is 0 Å². The molecule has 5 heteroatoms. The largest absolute Gasteiger partial charge is 0.469 e. The molecule has 0 aliphatic rings. The lowest BCUT2D eigenvalue weighted by Crippen LogP contribution is -1.99. The predicted molar refractivity (Wildman–Crippen MR) is 49.8 cm³/mol. The lowest BCUT2D eigenvalue weighted by atomic mass is 10.3. The Labute approximate surface area is 81.1 Å². The van der Waals surface area contributed by atoms with Gasteiger partial charge in [0.15, 0.2) is 0 Å². The highest BCUT2D eigenvalue weighted by atomic mass is 16.4. The Morgan fingerprint density at radius 3 is 2.79 bits per heavy atom. The topological polar surface area (TPSA) is 64.1 Å². The first-order valence-corrected chi connectivity index (χ1v) is 4.32. The number of furan rings is 1. The number of anilines is 1. The van der Waals surface area contributed by atoms with E-state index < -0.39 is 0 Å². The second-order valence-electron chi connectivity index (χ2n) is 2.98. The maximum Gasteiger partial charge on any atom is 0.315 e. The maximum absolute atomic E-state index is 5.16. The second-order valence-corrected chi connectivity index (χ2v) is 2.98. The molecular formula is C9H11N3O2. The van der Waals surface area contributed by atoms with Crippen molar-refractivity contribution < 1.29 is 8.83 Å².